The molecule has 1 aliphatic carbocycles. The molecule has 1 saturated carbocycles. The highest BCUT2D eigenvalue weighted by Gasteiger charge is 2.35. The zero-order chi connectivity index (χ0) is 12.8. The van der Waals surface area contributed by atoms with Gasteiger partial charge < -0.3 is 4.74 Å². The summed E-state index contributed by atoms with van der Waals surface area (Å²) in [4.78, 5) is 14.8. The Hall–Kier alpha value is -1.44. The van der Waals surface area contributed by atoms with E-state index in [1.54, 1.807) is 13.2 Å². The van der Waals surface area contributed by atoms with Crippen LogP contribution in [0, 0.1) is 0 Å². The lowest BCUT2D eigenvalue weighted by Crippen LogP contribution is -2.19. The van der Waals surface area contributed by atoms with Gasteiger partial charge in [-0.05, 0) is 30.4 Å². The molecule has 0 saturated heterocycles. The van der Waals surface area contributed by atoms with Gasteiger partial charge in [-0.15, -0.1) is 0 Å². The number of isocyanates is 1. The molecule has 0 N–H and O–H groups in total. The molecule has 0 radical (unpaired) electrons. The molecule has 0 unspecified atom stereocenters. The summed E-state index contributed by atoms with van der Waals surface area (Å²) in [5, 5.41) is 0. The van der Waals surface area contributed by atoms with Crippen LogP contribution in [0.15, 0.2) is 29.3 Å². The van der Waals surface area contributed by atoms with Gasteiger partial charge in [-0.3, -0.25) is 0 Å². The third-order valence-corrected chi connectivity index (χ3v) is 3.75. The van der Waals surface area contributed by atoms with Crippen molar-refractivity contribution in [1.82, 2.24) is 0 Å². The number of nitrogens with zero attached hydrogens (tertiary/aromatic N) is 1. The van der Waals surface area contributed by atoms with Gasteiger partial charge in [0.25, 0.3) is 0 Å². The van der Waals surface area contributed by atoms with Crippen molar-refractivity contribution >= 4 is 6.08 Å². The van der Waals surface area contributed by atoms with Crippen LogP contribution in [-0.4, -0.2) is 19.8 Å². The fraction of sp³-hybridized carbons (Fsp3) is 0.533. The van der Waals surface area contributed by atoms with Gasteiger partial charge in [0, 0.05) is 7.11 Å². The summed E-state index contributed by atoms with van der Waals surface area (Å²) in [5.74, 6) is 0. The topological polar surface area (TPSA) is 38.7 Å². The van der Waals surface area contributed by atoms with Crippen LogP contribution in [0.1, 0.15) is 36.8 Å². The van der Waals surface area contributed by atoms with Gasteiger partial charge in [0.2, 0.25) is 6.08 Å². The minimum atomic E-state index is -0.315. The molecule has 1 aromatic rings. The fourth-order valence-electron chi connectivity index (χ4n) is 2.75. The van der Waals surface area contributed by atoms with Crippen LogP contribution in [0.25, 0.3) is 0 Å². The number of carbonyl (C=O) groups excluding carboxylic acids is 1. The molecule has 0 aliphatic heterocycles. The molecule has 0 atom stereocenters. The maximum Gasteiger partial charge on any atom is 0.235 e. The van der Waals surface area contributed by atoms with Crippen LogP contribution in [-0.2, 0) is 21.5 Å². The summed E-state index contributed by atoms with van der Waals surface area (Å²) >= 11 is 0. The first kappa shape index (κ1) is 13.0. The Bertz CT molecular complexity index is 444. The Morgan fingerprint density at radius 1 is 1.39 bits per heavy atom. The molecule has 0 aromatic heterocycles. The zero-order valence-electron chi connectivity index (χ0n) is 10.8. The van der Waals surface area contributed by atoms with Crippen molar-refractivity contribution in [3.63, 3.8) is 0 Å². The lowest BCUT2D eigenvalue weighted by Gasteiger charge is -2.23. The smallest absolute Gasteiger partial charge is 0.235 e. The van der Waals surface area contributed by atoms with Crippen LogP contribution in [0.5, 0.6) is 0 Å². The quantitative estimate of drug-likeness (QED) is 0.591. The van der Waals surface area contributed by atoms with E-state index in [1.807, 2.05) is 6.07 Å². The number of methoxy groups -OCH3 is 1. The Balaban J connectivity index is 2.27. The Labute approximate surface area is 108 Å². The van der Waals surface area contributed by atoms with E-state index in [4.69, 9.17) is 4.74 Å². The van der Waals surface area contributed by atoms with Crippen LogP contribution < -0.4 is 0 Å². The first-order valence-corrected chi connectivity index (χ1v) is 6.48. The highest BCUT2D eigenvalue weighted by molar-refractivity contribution is 5.39. The number of hydrogen-bond acceptors (Lipinski definition) is 3. The van der Waals surface area contributed by atoms with E-state index in [-0.39, 0.29) is 5.54 Å². The standard InChI is InChI=1S/C15H19NO2/c1-18-10-7-13-5-4-6-14(11-13)15(16-12-17)8-2-3-9-15/h4-6,11H,2-3,7-10H2,1H3. The average molecular weight is 245 g/mol. The largest absolute Gasteiger partial charge is 0.384 e. The summed E-state index contributed by atoms with van der Waals surface area (Å²) in [6.45, 7) is 0.716. The summed E-state index contributed by atoms with van der Waals surface area (Å²) < 4.78 is 5.10. The third kappa shape index (κ3) is 2.69. The van der Waals surface area contributed by atoms with Gasteiger partial charge in [0.05, 0.1) is 12.1 Å². The molecule has 1 fully saturated rings. The predicted molar refractivity (Wildman–Crippen MR) is 70.3 cm³/mol. The van der Waals surface area contributed by atoms with Gasteiger partial charge in [-0.2, -0.15) is 4.99 Å². The van der Waals surface area contributed by atoms with Crippen molar-refractivity contribution < 1.29 is 9.53 Å². The van der Waals surface area contributed by atoms with Crippen molar-refractivity contribution in [2.45, 2.75) is 37.6 Å². The molecule has 3 heteroatoms. The minimum Gasteiger partial charge on any atom is -0.384 e. The SMILES string of the molecule is COCCc1cccc(C2(N=C=O)CCCC2)c1. The van der Waals surface area contributed by atoms with Gasteiger partial charge in [-0.1, -0.05) is 37.1 Å². The van der Waals surface area contributed by atoms with E-state index in [0.717, 1.165) is 37.7 Å². The van der Waals surface area contributed by atoms with Crippen molar-refractivity contribution in [2.24, 2.45) is 4.99 Å². The van der Waals surface area contributed by atoms with E-state index in [9.17, 15) is 4.79 Å². The molecule has 0 bridgehead atoms. The Kier molecular flexibility index (Phi) is 4.29. The minimum absolute atomic E-state index is 0.315. The number of benzene rings is 1. The second-order valence-corrected chi connectivity index (χ2v) is 4.88. The van der Waals surface area contributed by atoms with Gasteiger partial charge in [0.15, 0.2) is 0 Å². The van der Waals surface area contributed by atoms with E-state index >= 15 is 0 Å². The van der Waals surface area contributed by atoms with Crippen molar-refractivity contribution in [3.05, 3.63) is 35.4 Å². The van der Waals surface area contributed by atoms with E-state index < -0.39 is 0 Å². The van der Waals surface area contributed by atoms with E-state index in [2.05, 4.69) is 23.2 Å². The zero-order valence-corrected chi connectivity index (χ0v) is 10.8. The number of ether oxygens (including phenoxy) is 1. The molecule has 96 valence electrons. The van der Waals surface area contributed by atoms with Crippen LogP contribution >= 0.6 is 0 Å². The monoisotopic (exact) mass is 245 g/mol. The molecule has 1 aliphatic rings. The Morgan fingerprint density at radius 2 is 2.17 bits per heavy atom. The summed E-state index contributed by atoms with van der Waals surface area (Å²) in [5.41, 5.74) is 2.07. The van der Waals surface area contributed by atoms with Gasteiger partial charge in [-0.25, -0.2) is 4.79 Å². The highest BCUT2D eigenvalue weighted by Crippen LogP contribution is 2.42. The van der Waals surface area contributed by atoms with Crippen molar-refractivity contribution in [1.29, 1.82) is 0 Å². The van der Waals surface area contributed by atoms with E-state index in [0.29, 0.717) is 6.61 Å². The predicted octanol–water partition coefficient (Wildman–Crippen LogP) is 2.98. The molecule has 18 heavy (non-hydrogen) atoms. The maximum atomic E-state index is 10.7. The molecule has 1 aromatic carbocycles. The van der Waals surface area contributed by atoms with Crippen LogP contribution in [0.2, 0.25) is 0 Å². The summed E-state index contributed by atoms with van der Waals surface area (Å²) in [7, 11) is 1.71. The first-order valence-electron chi connectivity index (χ1n) is 6.48. The van der Waals surface area contributed by atoms with E-state index in [1.165, 1.54) is 5.56 Å². The number of hydrogen-bond donors (Lipinski definition) is 0. The third-order valence-electron chi connectivity index (χ3n) is 3.75. The molecule has 0 spiro atoms. The molecular weight excluding hydrogens is 226 g/mol. The second kappa shape index (κ2) is 5.94. The fourth-order valence-corrected chi connectivity index (χ4v) is 2.75. The Morgan fingerprint density at radius 3 is 2.83 bits per heavy atom. The molecule has 0 heterocycles. The summed E-state index contributed by atoms with van der Waals surface area (Å²) in [6.07, 6.45) is 6.83. The molecule has 3 nitrogen and oxygen atoms in total. The maximum absolute atomic E-state index is 10.7. The lowest BCUT2D eigenvalue weighted by molar-refractivity contribution is 0.202. The normalized spacial score (nSPS) is 17.4. The number of rotatable bonds is 5. The van der Waals surface area contributed by atoms with Crippen molar-refractivity contribution in [3.8, 4) is 0 Å². The molecule has 2 rings (SSSR count). The average Bonchev–Trinajstić information content (AvgIpc) is 2.87. The second-order valence-electron chi connectivity index (χ2n) is 4.88. The lowest BCUT2D eigenvalue weighted by atomic mass is 9.87. The number of aliphatic imine (C=N–C) groups is 1. The first-order chi connectivity index (χ1) is 8.80. The van der Waals surface area contributed by atoms with Crippen LogP contribution in [0.4, 0.5) is 0 Å². The van der Waals surface area contributed by atoms with Crippen LogP contribution in [0.3, 0.4) is 0 Å². The van der Waals surface area contributed by atoms with Gasteiger partial charge in [0.1, 0.15) is 0 Å². The molecular formula is C15H19NO2. The summed E-state index contributed by atoms with van der Waals surface area (Å²) in [6, 6.07) is 8.37. The van der Waals surface area contributed by atoms with Gasteiger partial charge >= 0.3 is 0 Å². The highest BCUT2D eigenvalue weighted by atomic mass is 16.5. The molecule has 0 amide bonds. The van der Waals surface area contributed by atoms with Crippen molar-refractivity contribution in [2.75, 3.05) is 13.7 Å².